The van der Waals surface area contributed by atoms with E-state index in [0.717, 1.165) is 5.92 Å². The second kappa shape index (κ2) is 14.5. The Morgan fingerprint density at radius 3 is 2.00 bits per heavy atom. The molecule has 0 amide bonds. The van der Waals surface area contributed by atoms with Crippen LogP contribution in [0.2, 0.25) is 0 Å². The lowest BCUT2D eigenvalue weighted by molar-refractivity contribution is 0.455. The minimum atomic E-state index is 0.950. The summed E-state index contributed by atoms with van der Waals surface area (Å²) in [6.45, 7) is 12.6. The van der Waals surface area contributed by atoms with Gasteiger partial charge in [0.25, 0.3) is 0 Å². The monoisotopic (exact) mass is 224 g/mol. The van der Waals surface area contributed by atoms with E-state index < -0.39 is 0 Å². The van der Waals surface area contributed by atoms with Crippen molar-refractivity contribution in [2.75, 3.05) is 0 Å². The molecule has 1 rings (SSSR count). The van der Waals surface area contributed by atoms with Gasteiger partial charge in [-0.2, -0.15) is 0 Å². The summed E-state index contributed by atoms with van der Waals surface area (Å²) in [7, 11) is 0. The Bertz CT molecular complexity index is 170. The van der Waals surface area contributed by atoms with Gasteiger partial charge in [0, 0.05) is 0 Å². The molecule has 1 aliphatic carbocycles. The highest BCUT2D eigenvalue weighted by molar-refractivity contribution is 5.22. The standard InChI is InChI=1S/C12H20.2C2H6/c1-3-11(4-2)9-10-12-7-5-6-8-12;2*1-2/h5-7,11H,3-4,8-10H2,1-2H3;2*1-2H3. The molecule has 0 radical (unpaired) electrons. The predicted molar refractivity (Wildman–Crippen MR) is 77.8 cm³/mol. The maximum absolute atomic E-state index is 2.30. The molecule has 0 unspecified atom stereocenters. The summed E-state index contributed by atoms with van der Waals surface area (Å²) >= 11 is 0. The van der Waals surface area contributed by atoms with E-state index in [-0.39, 0.29) is 0 Å². The molecule has 0 aromatic carbocycles. The summed E-state index contributed by atoms with van der Waals surface area (Å²) in [5.41, 5.74) is 1.63. The highest BCUT2D eigenvalue weighted by Gasteiger charge is 2.05. The first-order valence-electron chi connectivity index (χ1n) is 7.21. The average molecular weight is 224 g/mol. The molecule has 0 aromatic heterocycles. The van der Waals surface area contributed by atoms with Crippen molar-refractivity contribution >= 4 is 0 Å². The van der Waals surface area contributed by atoms with E-state index in [4.69, 9.17) is 0 Å². The van der Waals surface area contributed by atoms with Gasteiger partial charge in [0.15, 0.2) is 0 Å². The third-order valence-corrected chi connectivity index (χ3v) is 2.88. The van der Waals surface area contributed by atoms with Gasteiger partial charge in [-0.3, -0.25) is 0 Å². The number of hydrogen-bond acceptors (Lipinski definition) is 0. The van der Waals surface area contributed by atoms with Crippen LogP contribution in [0.5, 0.6) is 0 Å². The molecule has 0 N–H and O–H groups in total. The summed E-state index contributed by atoms with van der Waals surface area (Å²) in [5.74, 6) is 0.950. The lowest BCUT2D eigenvalue weighted by atomic mass is 9.95. The second-order valence-electron chi connectivity index (χ2n) is 3.68. The van der Waals surface area contributed by atoms with Gasteiger partial charge in [0.05, 0.1) is 0 Å². The molecule has 0 heterocycles. The van der Waals surface area contributed by atoms with Crippen molar-refractivity contribution < 1.29 is 0 Å². The zero-order chi connectivity index (χ0) is 12.8. The van der Waals surface area contributed by atoms with Crippen molar-refractivity contribution in [2.24, 2.45) is 5.92 Å². The summed E-state index contributed by atoms with van der Waals surface area (Å²) < 4.78 is 0. The van der Waals surface area contributed by atoms with E-state index in [0.29, 0.717) is 0 Å². The Labute approximate surface area is 104 Å². The lowest BCUT2D eigenvalue weighted by Gasteiger charge is -2.11. The van der Waals surface area contributed by atoms with Crippen LogP contribution in [0.25, 0.3) is 0 Å². The molecular formula is C16H32. The van der Waals surface area contributed by atoms with E-state index in [2.05, 4.69) is 32.1 Å². The molecule has 0 saturated carbocycles. The molecule has 0 aromatic rings. The first-order valence-corrected chi connectivity index (χ1v) is 7.21. The number of rotatable bonds is 5. The van der Waals surface area contributed by atoms with Gasteiger partial charge in [0.1, 0.15) is 0 Å². The number of allylic oxidation sites excluding steroid dienone is 4. The Morgan fingerprint density at radius 1 is 1.06 bits per heavy atom. The summed E-state index contributed by atoms with van der Waals surface area (Å²) in [4.78, 5) is 0. The fourth-order valence-electron chi connectivity index (χ4n) is 1.76. The zero-order valence-electron chi connectivity index (χ0n) is 12.3. The van der Waals surface area contributed by atoms with Crippen molar-refractivity contribution in [1.82, 2.24) is 0 Å². The van der Waals surface area contributed by atoms with Crippen LogP contribution in [0.3, 0.4) is 0 Å². The normalized spacial score (nSPS) is 12.6. The molecule has 96 valence electrons. The molecule has 0 heteroatoms. The van der Waals surface area contributed by atoms with Gasteiger partial charge >= 0.3 is 0 Å². The zero-order valence-corrected chi connectivity index (χ0v) is 12.3. The third kappa shape index (κ3) is 8.76. The van der Waals surface area contributed by atoms with Crippen LogP contribution in [0.4, 0.5) is 0 Å². The molecule has 1 aliphatic rings. The quantitative estimate of drug-likeness (QED) is 0.526. The second-order valence-corrected chi connectivity index (χ2v) is 3.68. The van der Waals surface area contributed by atoms with E-state index in [9.17, 15) is 0 Å². The highest BCUT2D eigenvalue weighted by atomic mass is 14.1. The van der Waals surface area contributed by atoms with Crippen LogP contribution >= 0.6 is 0 Å². The third-order valence-electron chi connectivity index (χ3n) is 2.88. The first kappa shape index (κ1) is 17.9. The smallest absolute Gasteiger partial charge is 0.0133 e. The Kier molecular flexibility index (Phi) is 16.2. The average Bonchev–Trinajstić information content (AvgIpc) is 2.89. The van der Waals surface area contributed by atoms with Gasteiger partial charge in [-0.25, -0.2) is 0 Å². The van der Waals surface area contributed by atoms with Crippen molar-refractivity contribution in [3.63, 3.8) is 0 Å². The molecule has 0 saturated heterocycles. The van der Waals surface area contributed by atoms with Crippen molar-refractivity contribution in [2.45, 2.75) is 73.6 Å². The van der Waals surface area contributed by atoms with Crippen LogP contribution in [0, 0.1) is 5.92 Å². The van der Waals surface area contributed by atoms with Crippen molar-refractivity contribution in [3.8, 4) is 0 Å². The topological polar surface area (TPSA) is 0 Å². The van der Waals surface area contributed by atoms with Gasteiger partial charge in [0.2, 0.25) is 0 Å². The van der Waals surface area contributed by atoms with Gasteiger partial charge in [-0.15, -0.1) is 0 Å². The minimum absolute atomic E-state index is 0.950. The van der Waals surface area contributed by atoms with E-state index in [1.54, 1.807) is 5.57 Å². The molecule has 0 spiro atoms. The highest BCUT2D eigenvalue weighted by Crippen LogP contribution is 2.22. The fraction of sp³-hybridized carbons (Fsp3) is 0.750. The Balaban J connectivity index is 0. The van der Waals surface area contributed by atoms with Gasteiger partial charge in [-0.1, -0.05) is 78.2 Å². The minimum Gasteiger partial charge on any atom is -0.0805 e. The fourth-order valence-corrected chi connectivity index (χ4v) is 1.76. The predicted octanol–water partition coefficient (Wildman–Crippen LogP) is 6.14. The molecule has 0 nitrogen and oxygen atoms in total. The summed E-state index contributed by atoms with van der Waals surface area (Å²) in [6.07, 6.45) is 13.3. The number of hydrogen-bond donors (Lipinski definition) is 0. The molecular weight excluding hydrogens is 192 g/mol. The molecule has 0 atom stereocenters. The van der Waals surface area contributed by atoms with Crippen LogP contribution in [-0.2, 0) is 0 Å². The summed E-state index contributed by atoms with van der Waals surface area (Å²) in [6, 6.07) is 0. The van der Waals surface area contributed by atoms with Crippen molar-refractivity contribution in [3.05, 3.63) is 23.8 Å². The maximum Gasteiger partial charge on any atom is -0.0133 e. The van der Waals surface area contributed by atoms with Crippen LogP contribution in [0.15, 0.2) is 23.8 Å². The van der Waals surface area contributed by atoms with E-state index in [1.165, 1.54) is 32.1 Å². The van der Waals surface area contributed by atoms with Crippen LogP contribution in [0.1, 0.15) is 73.6 Å². The van der Waals surface area contributed by atoms with E-state index in [1.807, 2.05) is 27.7 Å². The summed E-state index contributed by atoms with van der Waals surface area (Å²) in [5, 5.41) is 0. The Hall–Kier alpha value is -0.520. The van der Waals surface area contributed by atoms with Crippen LogP contribution in [-0.4, -0.2) is 0 Å². The Morgan fingerprint density at radius 2 is 1.62 bits per heavy atom. The van der Waals surface area contributed by atoms with Gasteiger partial charge in [-0.05, 0) is 25.2 Å². The van der Waals surface area contributed by atoms with Gasteiger partial charge < -0.3 is 0 Å². The SMILES string of the molecule is CC.CC.CCC(CC)CCC1=CC=CC1. The molecule has 0 fully saturated rings. The lowest BCUT2D eigenvalue weighted by Crippen LogP contribution is -1.96. The maximum atomic E-state index is 2.30. The molecule has 0 aliphatic heterocycles. The van der Waals surface area contributed by atoms with E-state index >= 15 is 0 Å². The molecule has 16 heavy (non-hydrogen) atoms. The largest absolute Gasteiger partial charge is 0.0805 e. The van der Waals surface area contributed by atoms with Crippen LogP contribution < -0.4 is 0 Å². The van der Waals surface area contributed by atoms with Crippen molar-refractivity contribution in [1.29, 1.82) is 0 Å². The molecule has 0 bridgehead atoms. The first-order chi connectivity index (χ1) is 7.86.